The van der Waals surface area contributed by atoms with Crippen molar-refractivity contribution in [3.05, 3.63) is 63.8 Å². The van der Waals surface area contributed by atoms with E-state index in [1.54, 1.807) is 30.3 Å². The fraction of sp³-hybridized carbons (Fsp3) is 0. The summed E-state index contributed by atoms with van der Waals surface area (Å²) in [5.74, 6) is -0.708. The summed E-state index contributed by atoms with van der Waals surface area (Å²) < 4.78 is 13.5. The molecule has 0 aromatic heterocycles. The summed E-state index contributed by atoms with van der Waals surface area (Å²) >= 11 is 0. The predicted molar refractivity (Wildman–Crippen MR) is 63.6 cm³/mol. The van der Waals surface area contributed by atoms with E-state index in [0.717, 1.165) is 12.3 Å². The number of nitrogens with zero attached hydrogens (tertiary/aromatic N) is 1. The second kappa shape index (κ2) is 3.31. The Kier molecular flexibility index (Phi) is 1.92. The zero-order chi connectivity index (χ0) is 12.0. The average molecular weight is 228 g/mol. The molecule has 84 valence electrons. The second-order valence-electron chi connectivity index (χ2n) is 3.84. The summed E-state index contributed by atoms with van der Waals surface area (Å²) in [5.41, 5.74) is -0.0176. The number of benzene rings is 2. The molecule has 1 aliphatic carbocycles. The lowest BCUT2D eigenvalue weighted by Crippen LogP contribution is -2.11. The van der Waals surface area contributed by atoms with Gasteiger partial charge in [-0.25, -0.2) is 4.39 Å². The van der Waals surface area contributed by atoms with Crippen LogP contribution in [0.5, 0.6) is 0 Å². The first kappa shape index (κ1) is 9.84. The van der Waals surface area contributed by atoms with Crippen molar-refractivity contribution in [3.63, 3.8) is 0 Å². The van der Waals surface area contributed by atoms with Crippen molar-refractivity contribution in [1.82, 2.24) is 4.73 Å². The molecular formula is C13H7FNO2-. The molecule has 3 nitrogen and oxygen atoms in total. The van der Waals surface area contributed by atoms with Gasteiger partial charge in [-0.15, -0.1) is 0 Å². The van der Waals surface area contributed by atoms with Gasteiger partial charge < -0.3 is 9.94 Å². The van der Waals surface area contributed by atoms with E-state index < -0.39 is 5.82 Å². The number of hydrogen-bond acceptors (Lipinski definition) is 2. The van der Waals surface area contributed by atoms with Crippen LogP contribution in [0.25, 0.3) is 22.0 Å². The van der Waals surface area contributed by atoms with Gasteiger partial charge in [0, 0.05) is 22.8 Å². The predicted octanol–water partition coefficient (Wildman–Crippen LogP) is 2.59. The molecule has 0 amide bonds. The number of fused-ring (bicyclic) bond motifs is 2. The Morgan fingerprint density at radius 1 is 1.18 bits per heavy atom. The minimum Gasteiger partial charge on any atom is -0.805 e. The monoisotopic (exact) mass is 228 g/mol. The SMILES string of the molecule is O=c1c2cc(F)cn([O-])c-2cc2ccccc12. The van der Waals surface area contributed by atoms with Crippen LogP contribution in [0.3, 0.4) is 0 Å². The van der Waals surface area contributed by atoms with Crippen molar-refractivity contribution in [2.75, 3.05) is 0 Å². The van der Waals surface area contributed by atoms with Crippen LogP contribution in [-0.4, -0.2) is 4.73 Å². The molecule has 0 radical (unpaired) electrons. The van der Waals surface area contributed by atoms with Crippen molar-refractivity contribution < 1.29 is 4.39 Å². The number of halogens is 1. The highest BCUT2D eigenvalue weighted by Gasteiger charge is 2.12. The molecule has 1 aliphatic heterocycles. The number of pyridine rings is 1. The molecule has 0 spiro atoms. The Morgan fingerprint density at radius 3 is 2.76 bits per heavy atom. The van der Waals surface area contributed by atoms with Gasteiger partial charge in [-0.05, 0) is 17.5 Å². The number of hydrogen-bond donors (Lipinski definition) is 0. The van der Waals surface area contributed by atoms with Crippen LogP contribution < -0.4 is 5.43 Å². The van der Waals surface area contributed by atoms with Crippen LogP contribution >= 0.6 is 0 Å². The van der Waals surface area contributed by atoms with E-state index in [9.17, 15) is 14.4 Å². The minimum absolute atomic E-state index is 0.110. The van der Waals surface area contributed by atoms with Gasteiger partial charge in [-0.2, -0.15) is 0 Å². The van der Waals surface area contributed by atoms with E-state index in [1.807, 2.05) is 0 Å². The van der Waals surface area contributed by atoms with E-state index in [2.05, 4.69) is 0 Å². The van der Waals surface area contributed by atoms with E-state index in [0.29, 0.717) is 15.5 Å². The van der Waals surface area contributed by atoms with Crippen molar-refractivity contribution in [2.45, 2.75) is 0 Å². The fourth-order valence-corrected chi connectivity index (χ4v) is 1.99. The average Bonchev–Trinajstić information content (AvgIpc) is 2.31. The summed E-state index contributed by atoms with van der Waals surface area (Å²) in [6, 6.07) is 9.63. The number of rotatable bonds is 0. The topological polar surface area (TPSA) is 45.1 Å². The normalized spacial score (nSPS) is 11.1. The van der Waals surface area contributed by atoms with Crippen molar-refractivity contribution in [3.8, 4) is 11.3 Å². The molecule has 0 bridgehead atoms. The lowest BCUT2D eigenvalue weighted by molar-refractivity contribution is 0.616. The van der Waals surface area contributed by atoms with Crippen LogP contribution in [0.4, 0.5) is 4.39 Å². The Morgan fingerprint density at radius 2 is 1.94 bits per heavy atom. The maximum atomic E-state index is 13.1. The van der Waals surface area contributed by atoms with Crippen molar-refractivity contribution in [2.24, 2.45) is 0 Å². The lowest BCUT2D eigenvalue weighted by Gasteiger charge is -2.19. The van der Waals surface area contributed by atoms with Gasteiger partial charge in [0.05, 0.1) is 0 Å². The molecule has 1 aromatic rings. The van der Waals surface area contributed by atoms with Gasteiger partial charge >= 0.3 is 0 Å². The molecule has 1 aromatic carbocycles. The molecule has 3 rings (SSSR count). The molecule has 0 saturated heterocycles. The Hall–Kier alpha value is -2.36. The maximum Gasteiger partial charge on any atom is 0.195 e. The van der Waals surface area contributed by atoms with Crippen molar-refractivity contribution >= 4 is 10.8 Å². The second-order valence-corrected chi connectivity index (χ2v) is 3.84. The minimum atomic E-state index is -0.708. The van der Waals surface area contributed by atoms with E-state index in [4.69, 9.17) is 0 Å². The van der Waals surface area contributed by atoms with Crippen LogP contribution in [0.1, 0.15) is 0 Å². The lowest BCUT2D eigenvalue weighted by atomic mass is 10.0. The van der Waals surface area contributed by atoms with Gasteiger partial charge in [-0.3, -0.25) is 4.79 Å². The standard InChI is InChI=1S/C13H7FNO2/c14-9-6-11-12(15(17)7-9)5-8-3-1-2-4-10(8)13(11)16/h1-7H/q-1. The summed E-state index contributed by atoms with van der Waals surface area (Å²) in [6.45, 7) is 0. The first-order chi connectivity index (χ1) is 8.16. The smallest absolute Gasteiger partial charge is 0.195 e. The highest BCUT2D eigenvalue weighted by Crippen LogP contribution is 2.23. The third-order valence-electron chi connectivity index (χ3n) is 2.78. The third kappa shape index (κ3) is 1.38. The molecule has 0 N–H and O–H groups in total. The molecule has 0 fully saturated rings. The van der Waals surface area contributed by atoms with Gasteiger partial charge in [0.15, 0.2) is 5.43 Å². The van der Waals surface area contributed by atoms with E-state index in [-0.39, 0.29) is 16.7 Å². The molecular weight excluding hydrogens is 221 g/mol. The summed E-state index contributed by atoms with van der Waals surface area (Å²) in [6.07, 6.45) is 0.816. The zero-order valence-electron chi connectivity index (χ0n) is 8.68. The quantitative estimate of drug-likeness (QED) is 0.555. The van der Waals surface area contributed by atoms with Crippen molar-refractivity contribution in [1.29, 1.82) is 0 Å². The maximum absolute atomic E-state index is 13.1. The summed E-state index contributed by atoms with van der Waals surface area (Å²) in [5, 5.41) is 12.7. The molecule has 0 unspecified atom stereocenters. The third-order valence-corrected chi connectivity index (χ3v) is 2.78. The summed E-state index contributed by atoms with van der Waals surface area (Å²) in [7, 11) is 0. The first-order valence-corrected chi connectivity index (χ1v) is 5.08. The van der Waals surface area contributed by atoms with Crippen LogP contribution in [-0.2, 0) is 0 Å². The molecule has 0 saturated carbocycles. The van der Waals surface area contributed by atoms with Gasteiger partial charge in [0.1, 0.15) is 5.82 Å². The molecule has 1 heterocycles. The Labute approximate surface area is 95.7 Å². The first-order valence-electron chi connectivity index (χ1n) is 5.08. The van der Waals surface area contributed by atoms with E-state index in [1.165, 1.54) is 0 Å². The molecule has 17 heavy (non-hydrogen) atoms. The van der Waals surface area contributed by atoms with Crippen LogP contribution in [0, 0.1) is 11.0 Å². The van der Waals surface area contributed by atoms with Gasteiger partial charge in [0.2, 0.25) is 0 Å². The highest BCUT2D eigenvalue weighted by molar-refractivity contribution is 5.89. The highest BCUT2D eigenvalue weighted by atomic mass is 19.1. The summed E-state index contributed by atoms with van der Waals surface area (Å²) in [4.78, 5) is 12.1. The fourth-order valence-electron chi connectivity index (χ4n) is 1.99. The Bertz CT molecular complexity index is 748. The van der Waals surface area contributed by atoms with Gasteiger partial charge in [-0.1, -0.05) is 24.3 Å². The zero-order valence-corrected chi connectivity index (χ0v) is 8.68. The largest absolute Gasteiger partial charge is 0.805 e. The Balaban J connectivity index is 2.60. The van der Waals surface area contributed by atoms with Crippen LogP contribution in [0.15, 0.2) is 47.4 Å². The van der Waals surface area contributed by atoms with E-state index >= 15 is 0 Å². The molecule has 2 aliphatic rings. The molecule has 0 atom stereocenters. The molecule has 4 heteroatoms. The van der Waals surface area contributed by atoms with Crippen LogP contribution in [0.2, 0.25) is 0 Å². The van der Waals surface area contributed by atoms with Gasteiger partial charge in [0.25, 0.3) is 0 Å². The number of aromatic nitrogens is 1.